The summed E-state index contributed by atoms with van der Waals surface area (Å²) in [6.45, 7) is 31.6. The molecule has 0 spiro atoms. The summed E-state index contributed by atoms with van der Waals surface area (Å²) in [5.41, 5.74) is 3.93. The normalized spacial score (nSPS) is 17.8. The van der Waals surface area contributed by atoms with Crippen LogP contribution in [0.25, 0.3) is 0 Å². The van der Waals surface area contributed by atoms with Gasteiger partial charge in [0.2, 0.25) is 0 Å². The van der Waals surface area contributed by atoms with Gasteiger partial charge in [-0.15, -0.1) is 0 Å². The van der Waals surface area contributed by atoms with Crippen molar-refractivity contribution in [1.82, 2.24) is 0 Å². The highest BCUT2D eigenvalue weighted by Gasteiger charge is 2.40. The third-order valence-corrected chi connectivity index (χ3v) is 18.8. The molecule has 6 nitrogen and oxygen atoms in total. The van der Waals surface area contributed by atoms with Gasteiger partial charge < -0.3 is 18.3 Å². The molecule has 0 amide bonds. The number of carbonyl (C=O) groups is 2. The van der Waals surface area contributed by atoms with Crippen molar-refractivity contribution in [2.45, 2.75) is 137 Å². The molecule has 0 aliphatic heterocycles. The highest BCUT2D eigenvalue weighted by molar-refractivity contribution is 6.74. The molecule has 1 aliphatic rings. The summed E-state index contributed by atoms with van der Waals surface area (Å²) < 4.78 is 24.7. The number of ether oxygens (including phenoxy) is 2. The lowest BCUT2D eigenvalue weighted by Gasteiger charge is -2.35. The van der Waals surface area contributed by atoms with Crippen molar-refractivity contribution >= 4 is 28.6 Å². The highest BCUT2D eigenvalue weighted by Crippen LogP contribution is 2.49. The molecule has 2 atom stereocenters. The Kier molecular flexibility index (Phi) is 13.1. The van der Waals surface area contributed by atoms with Gasteiger partial charge in [0.05, 0.1) is 0 Å². The van der Waals surface area contributed by atoms with E-state index in [-0.39, 0.29) is 35.1 Å². The number of unbranched alkanes of at least 4 members (excludes halogenated alkanes) is 2. The number of esters is 2. The van der Waals surface area contributed by atoms with E-state index < -0.39 is 28.6 Å². The van der Waals surface area contributed by atoms with Crippen molar-refractivity contribution in [3.63, 3.8) is 0 Å². The van der Waals surface area contributed by atoms with E-state index in [0.29, 0.717) is 17.1 Å². The Balaban J connectivity index is 2.58. The monoisotopic (exact) mass is 644 g/mol. The average molecular weight is 645 g/mol. The first-order valence-electron chi connectivity index (χ1n) is 16.3. The molecule has 248 valence electrons. The first kappa shape index (κ1) is 38.2. The number of hydrogen-bond donors (Lipinski definition) is 0. The molecule has 0 bridgehead atoms. The van der Waals surface area contributed by atoms with Crippen LogP contribution in [-0.2, 0) is 24.9 Å². The van der Waals surface area contributed by atoms with Gasteiger partial charge in [-0.25, -0.2) is 9.59 Å². The zero-order valence-corrected chi connectivity index (χ0v) is 32.0. The molecule has 1 aliphatic carbocycles. The quantitative estimate of drug-likeness (QED) is 0.0660. The van der Waals surface area contributed by atoms with Crippen molar-refractivity contribution in [2.24, 2.45) is 5.92 Å². The maximum absolute atomic E-state index is 13.4. The third kappa shape index (κ3) is 10.3. The molecule has 0 aromatic heterocycles. The minimum atomic E-state index is -2.16. The molecule has 0 heterocycles. The molecule has 2 rings (SSSR count). The standard InChI is InChI=1S/C36H60O6Si2/c1-15-16-17-18-27-21-30(41-32(37)23-39-43(11,12)35(5,6)7)34(29-20-26(4)19-28(29)25(2)3)31(22-27)42-33(38)24-40-44(13,14)36(8,9)10/h20-22,28-29H,2,15-19,23-24H2,1,3-14H3/t28-,29+/m0/s1. The Morgan fingerprint density at radius 2 is 1.32 bits per heavy atom. The van der Waals surface area contributed by atoms with E-state index >= 15 is 0 Å². The highest BCUT2D eigenvalue weighted by atomic mass is 28.4. The third-order valence-electron chi connectivity index (χ3n) is 9.80. The van der Waals surface area contributed by atoms with E-state index in [4.69, 9.17) is 18.3 Å². The van der Waals surface area contributed by atoms with Crippen LogP contribution in [0.4, 0.5) is 0 Å². The molecular formula is C36H60O6Si2. The molecule has 0 fully saturated rings. The number of rotatable bonds is 14. The van der Waals surface area contributed by atoms with Crippen LogP contribution in [0.3, 0.4) is 0 Å². The topological polar surface area (TPSA) is 71.1 Å². The lowest BCUT2D eigenvalue weighted by atomic mass is 9.83. The van der Waals surface area contributed by atoms with Crippen LogP contribution in [0.2, 0.25) is 36.3 Å². The lowest BCUT2D eigenvalue weighted by Crippen LogP contribution is -2.42. The van der Waals surface area contributed by atoms with Gasteiger partial charge in [0, 0.05) is 11.5 Å². The summed E-state index contributed by atoms with van der Waals surface area (Å²) in [6.07, 6.45) is 6.98. The smallest absolute Gasteiger partial charge is 0.336 e. The van der Waals surface area contributed by atoms with Gasteiger partial charge in [0.1, 0.15) is 24.7 Å². The number of allylic oxidation sites excluding steroid dienone is 3. The van der Waals surface area contributed by atoms with Crippen LogP contribution in [-0.4, -0.2) is 41.8 Å². The van der Waals surface area contributed by atoms with Gasteiger partial charge in [0.25, 0.3) is 0 Å². The number of hydrogen-bond acceptors (Lipinski definition) is 6. The van der Waals surface area contributed by atoms with E-state index in [1.165, 1.54) is 5.57 Å². The molecule has 0 saturated carbocycles. The van der Waals surface area contributed by atoms with E-state index in [9.17, 15) is 9.59 Å². The molecule has 0 N–H and O–H groups in total. The predicted molar refractivity (Wildman–Crippen MR) is 187 cm³/mol. The molecule has 0 unspecified atom stereocenters. The van der Waals surface area contributed by atoms with Crippen molar-refractivity contribution in [2.75, 3.05) is 13.2 Å². The molecule has 0 saturated heterocycles. The van der Waals surface area contributed by atoms with Crippen molar-refractivity contribution in [3.05, 3.63) is 47.1 Å². The van der Waals surface area contributed by atoms with Gasteiger partial charge in [-0.05, 0) is 93.0 Å². The summed E-state index contributed by atoms with van der Waals surface area (Å²) in [6, 6.07) is 3.91. The number of benzene rings is 1. The fraction of sp³-hybridized carbons (Fsp3) is 0.667. The fourth-order valence-corrected chi connectivity index (χ4v) is 6.65. The molecule has 1 aromatic carbocycles. The fourth-order valence-electron chi connectivity index (χ4n) is 4.82. The SMILES string of the molecule is C=C(C)[C@@H]1CC(C)=C[C@H]1c1c(OC(=O)CO[Si](C)(C)C(C)(C)C)cc(CCCCC)cc1OC(=O)CO[Si](C)(C)C(C)(C)C. The Labute approximate surface area is 270 Å². The number of carbonyl (C=O) groups excluding carboxylic acids is 2. The second kappa shape index (κ2) is 15.1. The van der Waals surface area contributed by atoms with Gasteiger partial charge in [-0.1, -0.05) is 85.1 Å². The van der Waals surface area contributed by atoms with Gasteiger partial charge in [-0.2, -0.15) is 0 Å². The second-order valence-electron chi connectivity index (χ2n) is 15.7. The van der Waals surface area contributed by atoms with Gasteiger partial charge in [0.15, 0.2) is 16.6 Å². The number of aryl methyl sites for hydroxylation is 1. The summed E-state index contributed by atoms with van der Waals surface area (Å²) in [5.74, 6) is -0.0960. The Morgan fingerprint density at radius 1 is 0.864 bits per heavy atom. The van der Waals surface area contributed by atoms with Crippen molar-refractivity contribution in [1.29, 1.82) is 0 Å². The van der Waals surface area contributed by atoms with Gasteiger partial charge >= 0.3 is 11.9 Å². The first-order valence-corrected chi connectivity index (χ1v) is 22.1. The minimum absolute atomic E-state index is 0.0354. The maximum atomic E-state index is 13.4. The summed E-state index contributed by atoms with van der Waals surface area (Å²) in [7, 11) is -4.33. The van der Waals surface area contributed by atoms with Gasteiger partial charge in [-0.3, -0.25) is 0 Å². The predicted octanol–water partition coefficient (Wildman–Crippen LogP) is 9.90. The average Bonchev–Trinajstić information content (AvgIpc) is 3.26. The summed E-state index contributed by atoms with van der Waals surface area (Å²) in [4.78, 5) is 26.7. The van der Waals surface area contributed by atoms with Crippen LogP contribution < -0.4 is 9.47 Å². The zero-order chi connectivity index (χ0) is 33.7. The largest absolute Gasteiger partial charge is 0.424 e. The first-order chi connectivity index (χ1) is 20.1. The molecule has 1 aromatic rings. The van der Waals surface area contributed by atoms with E-state index in [2.05, 4.69) is 94.2 Å². The van der Waals surface area contributed by atoms with Crippen LogP contribution in [0, 0.1) is 5.92 Å². The van der Waals surface area contributed by atoms with Crippen LogP contribution in [0.1, 0.15) is 105 Å². The van der Waals surface area contributed by atoms with E-state index in [1.54, 1.807) is 0 Å². The Bertz CT molecular complexity index is 1150. The van der Waals surface area contributed by atoms with E-state index in [1.807, 2.05) is 19.1 Å². The van der Waals surface area contributed by atoms with Crippen molar-refractivity contribution in [3.8, 4) is 11.5 Å². The molecule has 8 heteroatoms. The molecule has 0 radical (unpaired) electrons. The maximum Gasteiger partial charge on any atom is 0.336 e. The van der Waals surface area contributed by atoms with E-state index in [0.717, 1.165) is 43.2 Å². The van der Waals surface area contributed by atoms with Crippen molar-refractivity contribution < 1.29 is 27.9 Å². The Hall–Kier alpha value is -2.01. The molecular weight excluding hydrogens is 585 g/mol. The van der Waals surface area contributed by atoms with Crippen LogP contribution >= 0.6 is 0 Å². The summed E-state index contributed by atoms with van der Waals surface area (Å²) in [5, 5.41) is -0.0707. The second-order valence-corrected chi connectivity index (χ2v) is 25.3. The summed E-state index contributed by atoms with van der Waals surface area (Å²) >= 11 is 0. The van der Waals surface area contributed by atoms with Crippen LogP contribution in [0.15, 0.2) is 35.9 Å². The zero-order valence-electron chi connectivity index (χ0n) is 30.0. The van der Waals surface area contributed by atoms with Crippen LogP contribution in [0.5, 0.6) is 11.5 Å². The Morgan fingerprint density at radius 3 is 1.70 bits per heavy atom. The minimum Gasteiger partial charge on any atom is -0.424 e. The molecule has 44 heavy (non-hydrogen) atoms. The lowest BCUT2D eigenvalue weighted by molar-refractivity contribution is -0.137.